The Kier molecular flexibility index (Phi) is 2.83. The minimum atomic E-state index is -0.0816. The van der Waals surface area contributed by atoms with Crippen LogP contribution in [0, 0.1) is 0 Å². The van der Waals surface area contributed by atoms with Crippen LogP contribution in [0.25, 0.3) is 11.0 Å². The molecule has 4 heteroatoms. The van der Waals surface area contributed by atoms with Crippen molar-refractivity contribution in [2.24, 2.45) is 5.73 Å². The van der Waals surface area contributed by atoms with Gasteiger partial charge < -0.3 is 15.5 Å². The van der Waals surface area contributed by atoms with E-state index >= 15 is 0 Å². The predicted molar refractivity (Wildman–Crippen MR) is 64.5 cm³/mol. The number of H-pyrrole nitrogens is 1. The molecule has 0 aliphatic heterocycles. The summed E-state index contributed by atoms with van der Waals surface area (Å²) in [5.41, 5.74) is 7.65. The van der Waals surface area contributed by atoms with Gasteiger partial charge in [-0.15, -0.1) is 0 Å². The minimum absolute atomic E-state index is 0.0816. The Morgan fingerprint density at radius 3 is 2.69 bits per heavy atom. The first-order chi connectivity index (χ1) is 7.56. The van der Waals surface area contributed by atoms with Crippen LogP contribution in [-0.4, -0.2) is 16.1 Å². The van der Waals surface area contributed by atoms with Gasteiger partial charge in [-0.25, -0.2) is 4.98 Å². The number of nitrogens with one attached hydrogen (secondary N) is 1. The highest BCUT2D eigenvalue weighted by Crippen LogP contribution is 2.21. The summed E-state index contributed by atoms with van der Waals surface area (Å²) in [6, 6.07) is 5.74. The summed E-state index contributed by atoms with van der Waals surface area (Å²) in [6.45, 7) is 5.92. The Bertz CT molecular complexity index is 488. The molecule has 0 saturated carbocycles. The number of hydrogen-bond donors (Lipinski definition) is 2. The van der Waals surface area contributed by atoms with Crippen LogP contribution in [0.5, 0.6) is 5.75 Å². The number of hydrogen-bond acceptors (Lipinski definition) is 3. The number of benzene rings is 1. The van der Waals surface area contributed by atoms with Gasteiger partial charge in [0, 0.05) is 6.07 Å². The third-order valence-electron chi connectivity index (χ3n) is 2.27. The summed E-state index contributed by atoms with van der Waals surface area (Å²) < 4.78 is 5.61. The lowest BCUT2D eigenvalue weighted by Gasteiger charge is -2.08. The third kappa shape index (κ3) is 2.17. The Labute approximate surface area is 94.8 Å². The van der Waals surface area contributed by atoms with E-state index in [2.05, 4.69) is 9.97 Å². The number of ether oxygens (including phenoxy) is 1. The van der Waals surface area contributed by atoms with Crippen molar-refractivity contribution in [3.05, 3.63) is 24.0 Å². The van der Waals surface area contributed by atoms with Crippen LogP contribution in [0.1, 0.15) is 32.6 Å². The number of nitrogens with two attached hydrogens (primary N) is 1. The van der Waals surface area contributed by atoms with Gasteiger partial charge in [0.2, 0.25) is 0 Å². The van der Waals surface area contributed by atoms with Crippen molar-refractivity contribution < 1.29 is 4.74 Å². The van der Waals surface area contributed by atoms with Gasteiger partial charge in [-0.05, 0) is 32.9 Å². The van der Waals surface area contributed by atoms with Gasteiger partial charge in [0.05, 0.1) is 23.2 Å². The highest BCUT2D eigenvalue weighted by Gasteiger charge is 2.07. The summed E-state index contributed by atoms with van der Waals surface area (Å²) in [7, 11) is 0. The van der Waals surface area contributed by atoms with Crippen molar-refractivity contribution in [1.29, 1.82) is 0 Å². The van der Waals surface area contributed by atoms with Crippen LogP contribution >= 0.6 is 0 Å². The van der Waals surface area contributed by atoms with E-state index in [0.29, 0.717) is 0 Å². The Balaban J connectivity index is 2.38. The van der Waals surface area contributed by atoms with Gasteiger partial charge in [0.15, 0.2) is 0 Å². The maximum Gasteiger partial charge on any atom is 0.123 e. The maximum absolute atomic E-state index is 5.77. The number of rotatable bonds is 3. The van der Waals surface area contributed by atoms with Crippen LogP contribution in [0.4, 0.5) is 0 Å². The molecule has 3 N–H and O–H groups in total. The van der Waals surface area contributed by atoms with E-state index < -0.39 is 0 Å². The third-order valence-corrected chi connectivity index (χ3v) is 2.27. The van der Waals surface area contributed by atoms with Gasteiger partial charge >= 0.3 is 0 Å². The van der Waals surface area contributed by atoms with Crippen molar-refractivity contribution in [2.75, 3.05) is 0 Å². The standard InChI is InChI=1S/C12H17N3O/c1-7(2)16-9-4-5-10-11(6-9)15-12(14-10)8(3)13/h4-8H,13H2,1-3H3,(H,14,15). The topological polar surface area (TPSA) is 63.9 Å². The predicted octanol–water partition coefficient (Wildman–Crippen LogP) is 2.37. The number of fused-ring (bicyclic) bond motifs is 1. The molecule has 1 unspecified atom stereocenters. The van der Waals surface area contributed by atoms with Crippen LogP contribution in [0.2, 0.25) is 0 Å². The maximum atomic E-state index is 5.77. The zero-order valence-electron chi connectivity index (χ0n) is 9.82. The molecule has 0 spiro atoms. The minimum Gasteiger partial charge on any atom is -0.491 e. The first-order valence-electron chi connectivity index (χ1n) is 5.48. The average molecular weight is 219 g/mol. The molecule has 0 aliphatic rings. The van der Waals surface area contributed by atoms with E-state index in [1.165, 1.54) is 0 Å². The molecule has 1 aromatic heterocycles. The molecule has 0 bridgehead atoms. The zero-order chi connectivity index (χ0) is 11.7. The molecule has 1 atom stereocenters. The second kappa shape index (κ2) is 4.14. The van der Waals surface area contributed by atoms with Crippen LogP contribution in [0.3, 0.4) is 0 Å². The molecule has 2 rings (SSSR count). The SMILES string of the molecule is CC(C)Oc1ccc2nc(C(C)N)[nH]c2c1. The summed E-state index contributed by atoms with van der Waals surface area (Å²) in [4.78, 5) is 7.59. The van der Waals surface area contributed by atoms with E-state index in [4.69, 9.17) is 10.5 Å². The summed E-state index contributed by atoms with van der Waals surface area (Å²) in [5, 5.41) is 0. The van der Waals surface area contributed by atoms with Gasteiger partial charge in [0.1, 0.15) is 11.6 Å². The van der Waals surface area contributed by atoms with E-state index in [-0.39, 0.29) is 12.1 Å². The quantitative estimate of drug-likeness (QED) is 0.833. The van der Waals surface area contributed by atoms with Gasteiger partial charge in [0.25, 0.3) is 0 Å². The lowest BCUT2D eigenvalue weighted by atomic mass is 10.3. The van der Waals surface area contributed by atoms with Crippen LogP contribution < -0.4 is 10.5 Å². The largest absolute Gasteiger partial charge is 0.491 e. The van der Waals surface area contributed by atoms with Crippen molar-refractivity contribution in [3.63, 3.8) is 0 Å². The highest BCUT2D eigenvalue weighted by molar-refractivity contribution is 5.76. The molecule has 16 heavy (non-hydrogen) atoms. The van der Waals surface area contributed by atoms with E-state index in [9.17, 15) is 0 Å². The summed E-state index contributed by atoms with van der Waals surface area (Å²) in [5.74, 6) is 1.65. The van der Waals surface area contributed by atoms with E-state index in [1.807, 2.05) is 39.0 Å². The molecular weight excluding hydrogens is 202 g/mol. The molecular formula is C12H17N3O. The molecule has 2 aromatic rings. The Hall–Kier alpha value is -1.55. The smallest absolute Gasteiger partial charge is 0.123 e. The summed E-state index contributed by atoms with van der Waals surface area (Å²) >= 11 is 0. The Morgan fingerprint density at radius 1 is 1.31 bits per heavy atom. The summed E-state index contributed by atoms with van der Waals surface area (Å²) in [6.07, 6.45) is 0.174. The molecule has 0 fully saturated rings. The second-order valence-electron chi connectivity index (χ2n) is 4.26. The van der Waals surface area contributed by atoms with E-state index in [1.54, 1.807) is 0 Å². The molecule has 0 radical (unpaired) electrons. The fraction of sp³-hybridized carbons (Fsp3) is 0.417. The Morgan fingerprint density at radius 2 is 2.06 bits per heavy atom. The first kappa shape index (κ1) is 11.0. The van der Waals surface area contributed by atoms with Gasteiger partial charge in [-0.3, -0.25) is 0 Å². The average Bonchev–Trinajstić information content (AvgIpc) is 2.59. The van der Waals surface area contributed by atoms with Crippen LogP contribution in [0.15, 0.2) is 18.2 Å². The van der Waals surface area contributed by atoms with Crippen molar-refractivity contribution in [1.82, 2.24) is 9.97 Å². The fourth-order valence-electron chi connectivity index (χ4n) is 1.57. The van der Waals surface area contributed by atoms with E-state index in [0.717, 1.165) is 22.6 Å². The molecule has 0 saturated heterocycles. The van der Waals surface area contributed by atoms with Gasteiger partial charge in [-0.1, -0.05) is 0 Å². The number of aromatic amines is 1. The molecule has 4 nitrogen and oxygen atoms in total. The number of nitrogens with zero attached hydrogens (tertiary/aromatic N) is 1. The van der Waals surface area contributed by atoms with Crippen molar-refractivity contribution in [2.45, 2.75) is 32.9 Å². The molecule has 0 amide bonds. The number of aromatic nitrogens is 2. The number of imidazole rings is 1. The monoisotopic (exact) mass is 219 g/mol. The van der Waals surface area contributed by atoms with Crippen LogP contribution in [-0.2, 0) is 0 Å². The lowest BCUT2D eigenvalue weighted by Crippen LogP contribution is -2.06. The molecule has 86 valence electrons. The van der Waals surface area contributed by atoms with Crippen molar-refractivity contribution >= 4 is 11.0 Å². The fourth-order valence-corrected chi connectivity index (χ4v) is 1.57. The zero-order valence-corrected chi connectivity index (χ0v) is 9.82. The highest BCUT2D eigenvalue weighted by atomic mass is 16.5. The van der Waals surface area contributed by atoms with Gasteiger partial charge in [-0.2, -0.15) is 0 Å². The molecule has 1 aromatic carbocycles. The molecule has 0 aliphatic carbocycles. The lowest BCUT2D eigenvalue weighted by molar-refractivity contribution is 0.242. The first-order valence-corrected chi connectivity index (χ1v) is 5.48. The normalized spacial score (nSPS) is 13.3. The molecule has 1 heterocycles. The van der Waals surface area contributed by atoms with Crippen molar-refractivity contribution in [3.8, 4) is 5.75 Å². The second-order valence-corrected chi connectivity index (χ2v) is 4.26.